The summed E-state index contributed by atoms with van der Waals surface area (Å²) in [4.78, 5) is 11.1. The second-order valence-corrected chi connectivity index (χ2v) is 3.47. The smallest absolute Gasteiger partial charge is 0.133 e. The van der Waals surface area contributed by atoms with E-state index in [1.54, 1.807) is 0 Å². The summed E-state index contributed by atoms with van der Waals surface area (Å²) in [6, 6.07) is 0. The van der Waals surface area contributed by atoms with E-state index in [1.807, 2.05) is 6.92 Å². The fourth-order valence-electron chi connectivity index (χ4n) is 1.76. The summed E-state index contributed by atoms with van der Waals surface area (Å²) in [6.07, 6.45) is 6.04. The molecule has 0 N–H and O–H groups in total. The molecular weight excluding hydrogens is 148 g/mol. The molecule has 1 aliphatic carbocycles. The van der Waals surface area contributed by atoms with Gasteiger partial charge in [0.2, 0.25) is 0 Å². The standard InChI is InChI=1S/C11H16O/c1-2-3-4-6-10-7-5-8-11(12)9-10/h10H,4-9H2,1H3. The zero-order chi connectivity index (χ0) is 8.81. The van der Waals surface area contributed by atoms with Gasteiger partial charge in [0.25, 0.3) is 0 Å². The molecule has 1 nitrogen and oxygen atoms in total. The van der Waals surface area contributed by atoms with Crippen LogP contribution in [0.4, 0.5) is 0 Å². The van der Waals surface area contributed by atoms with Gasteiger partial charge in [-0.05, 0) is 32.1 Å². The molecular formula is C11H16O. The summed E-state index contributed by atoms with van der Waals surface area (Å²) >= 11 is 0. The highest BCUT2D eigenvalue weighted by Crippen LogP contribution is 2.24. The van der Waals surface area contributed by atoms with Gasteiger partial charge >= 0.3 is 0 Å². The largest absolute Gasteiger partial charge is 0.300 e. The monoisotopic (exact) mass is 164 g/mol. The van der Waals surface area contributed by atoms with Crippen molar-refractivity contribution in [1.82, 2.24) is 0 Å². The molecule has 66 valence electrons. The maximum absolute atomic E-state index is 11.1. The third-order valence-electron chi connectivity index (χ3n) is 2.44. The van der Waals surface area contributed by atoms with E-state index < -0.39 is 0 Å². The average Bonchev–Trinajstić information content (AvgIpc) is 2.05. The van der Waals surface area contributed by atoms with E-state index in [0.29, 0.717) is 11.7 Å². The molecule has 0 amide bonds. The van der Waals surface area contributed by atoms with E-state index in [4.69, 9.17) is 0 Å². The Bertz CT molecular complexity index is 207. The molecule has 0 aliphatic heterocycles. The fourth-order valence-corrected chi connectivity index (χ4v) is 1.76. The van der Waals surface area contributed by atoms with Crippen LogP contribution in [0.2, 0.25) is 0 Å². The van der Waals surface area contributed by atoms with Gasteiger partial charge in [0, 0.05) is 19.3 Å². The number of ketones is 1. The molecule has 12 heavy (non-hydrogen) atoms. The van der Waals surface area contributed by atoms with Gasteiger partial charge < -0.3 is 0 Å². The van der Waals surface area contributed by atoms with Crippen LogP contribution in [0.1, 0.15) is 45.4 Å². The van der Waals surface area contributed by atoms with Gasteiger partial charge in [-0.1, -0.05) is 0 Å². The lowest BCUT2D eigenvalue weighted by atomic mass is 9.85. The first-order valence-corrected chi connectivity index (χ1v) is 4.74. The van der Waals surface area contributed by atoms with E-state index in [2.05, 4.69) is 11.8 Å². The summed E-state index contributed by atoms with van der Waals surface area (Å²) < 4.78 is 0. The van der Waals surface area contributed by atoms with Crippen molar-refractivity contribution in [3.8, 4) is 11.8 Å². The number of carbonyl (C=O) groups is 1. The third kappa shape index (κ3) is 3.09. The van der Waals surface area contributed by atoms with Crippen LogP contribution in [0.15, 0.2) is 0 Å². The Morgan fingerprint density at radius 3 is 3.08 bits per heavy atom. The molecule has 0 spiro atoms. The van der Waals surface area contributed by atoms with E-state index >= 15 is 0 Å². The maximum atomic E-state index is 11.1. The molecule has 1 aliphatic rings. The third-order valence-corrected chi connectivity index (χ3v) is 2.44. The van der Waals surface area contributed by atoms with Crippen molar-refractivity contribution in [3.63, 3.8) is 0 Å². The van der Waals surface area contributed by atoms with Gasteiger partial charge in [-0.25, -0.2) is 0 Å². The average molecular weight is 164 g/mol. The van der Waals surface area contributed by atoms with Crippen LogP contribution in [0, 0.1) is 17.8 Å². The Labute approximate surface area is 74.5 Å². The summed E-state index contributed by atoms with van der Waals surface area (Å²) in [6.45, 7) is 1.87. The normalized spacial score (nSPS) is 23.1. The highest BCUT2D eigenvalue weighted by Gasteiger charge is 2.18. The van der Waals surface area contributed by atoms with Gasteiger partial charge in [0.15, 0.2) is 0 Å². The van der Waals surface area contributed by atoms with Gasteiger partial charge in [0.1, 0.15) is 5.78 Å². The Morgan fingerprint density at radius 2 is 2.42 bits per heavy atom. The van der Waals surface area contributed by atoms with Crippen molar-refractivity contribution in [1.29, 1.82) is 0 Å². The molecule has 1 heteroatoms. The van der Waals surface area contributed by atoms with Gasteiger partial charge in [-0.15, -0.1) is 11.8 Å². The first-order valence-electron chi connectivity index (χ1n) is 4.74. The van der Waals surface area contributed by atoms with Crippen molar-refractivity contribution in [3.05, 3.63) is 0 Å². The topological polar surface area (TPSA) is 17.1 Å². The number of hydrogen-bond donors (Lipinski definition) is 0. The molecule has 0 aromatic carbocycles. The van der Waals surface area contributed by atoms with E-state index in [1.165, 1.54) is 6.42 Å². The number of hydrogen-bond acceptors (Lipinski definition) is 1. The quantitative estimate of drug-likeness (QED) is 0.573. The minimum absolute atomic E-state index is 0.454. The molecule has 0 bridgehead atoms. The molecule has 0 radical (unpaired) electrons. The molecule has 1 saturated carbocycles. The van der Waals surface area contributed by atoms with Crippen LogP contribution in [0.5, 0.6) is 0 Å². The van der Waals surface area contributed by atoms with Gasteiger partial charge in [0.05, 0.1) is 0 Å². The molecule has 0 aromatic rings. The van der Waals surface area contributed by atoms with E-state index in [0.717, 1.165) is 32.1 Å². The summed E-state index contributed by atoms with van der Waals surface area (Å²) in [5.41, 5.74) is 0. The van der Waals surface area contributed by atoms with Gasteiger partial charge in [-0.3, -0.25) is 4.79 Å². The van der Waals surface area contributed by atoms with Crippen LogP contribution in [-0.2, 0) is 4.79 Å². The second-order valence-electron chi connectivity index (χ2n) is 3.47. The number of carbonyl (C=O) groups excluding carboxylic acids is 1. The lowest BCUT2D eigenvalue weighted by Gasteiger charge is -2.19. The Hall–Kier alpha value is -0.770. The molecule has 0 heterocycles. The Balaban J connectivity index is 2.21. The van der Waals surface area contributed by atoms with Crippen LogP contribution in [-0.4, -0.2) is 5.78 Å². The fraction of sp³-hybridized carbons (Fsp3) is 0.727. The van der Waals surface area contributed by atoms with Crippen molar-refractivity contribution < 1.29 is 4.79 Å². The number of rotatable bonds is 2. The minimum atomic E-state index is 0.454. The van der Waals surface area contributed by atoms with Crippen molar-refractivity contribution in [2.75, 3.05) is 0 Å². The van der Waals surface area contributed by atoms with Crippen molar-refractivity contribution in [2.45, 2.75) is 45.4 Å². The molecule has 1 atom stereocenters. The van der Waals surface area contributed by atoms with Crippen LogP contribution >= 0.6 is 0 Å². The predicted octanol–water partition coefficient (Wildman–Crippen LogP) is 2.55. The van der Waals surface area contributed by atoms with Gasteiger partial charge in [-0.2, -0.15) is 0 Å². The minimum Gasteiger partial charge on any atom is -0.300 e. The molecule has 1 fully saturated rings. The Kier molecular flexibility index (Phi) is 3.87. The maximum Gasteiger partial charge on any atom is 0.133 e. The molecule has 1 unspecified atom stereocenters. The highest BCUT2D eigenvalue weighted by atomic mass is 16.1. The van der Waals surface area contributed by atoms with E-state index in [9.17, 15) is 4.79 Å². The lowest BCUT2D eigenvalue weighted by molar-refractivity contribution is -0.121. The SMILES string of the molecule is CC#CCCC1CCCC(=O)C1. The molecule has 1 rings (SSSR count). The first kappa shape index (κ1) is 9.32. The lowest BCUT2D eigenvalue weighted by Crippen LogP contribution is -2.14. The van der Waals surface area contributed by atoms with E-state index in [-0.39, 0.29) is 0 Å². The predicted molar refractivity (Wildman–Crippen MR) is 49.6 cm³/mol. The first-order chi connectivity index (χ1) is 5.83. The van der Waals surface area contributed by atoms with Crippen LogP contribution in [0.25, 0.3) is 0 Å². The van der Waals surface area contributed by atoms with Crippen LogP contribution < -0.4 is 0 Å². The Morgan fingerprint density at radius 1 is 1.58 bits per heavy atom. The number of Topliss-reactive ketones (excluding diaryl/α,β-unsaturated/α-hetero) is 1. The summed E-state index contributed by atoms with van der Waals surface area (Å²) in [5.74, 6) is 7.02. The highest BCUT2D eigenvalue weighted by molar-refractivity contribution is 5.79. The van der Waals surface area contributed by atoms with Crippen molar-refractivity contribution >= 4 is 5.78 Å². The zero-order valence-corrected chi connectivity index (χ0v) is 7.73. The zero-order valence-electron chi connectivity index (χ0n) is 7.73. The molecule has 0 saturated heterocycles. The second kappa shape index (κ2) is 4.98. The van der Waals surface area contributed by atoms with Crippen molar-refractivity contribution in [2.24, 2.45) is 5.92 Å². The summed E-state index contributed by atoms with van der Waals surface area (Å²) in [5, 5.41) is 0. The molecule has 0 aromatic heterocycles. The van der Waals surface area contributed by atoms with Crippen LogP contribution in [0.3, 0.4) is 0 Å². The summed E-state index contributed by atoms with van der Waals surface area (Å²) in [7, 11) is 0.